The number of hydrogen-bond donors (Lipinski definition) is 0. The van der Waals surface area contributed by atoms with Crippen LogP contribution in [0.15, 0.2) is 23.8 Å². The van der Waals surface area contributed by atoms with Gasteiger partial charge in [-0.25, -0.2) is 4.79 Å². The van der Waals surface area contributed by atoms with Gasteiger partial charge in [-0.2, -0.15) is 0 Å². The van der Waals surface area contributed by atoms with Crippen molar-refractivity contribution >= 4 is 14.3 Å². The highest BCUT2D eigenvalue weighted by Crippen LogP contribution is 2.40. The molecule has 180 valence electrons. The van der Waals surface area contributed by atoms with Crippen molar-refractivity contribution in [3.05, 3.63) is 23.8 Å². The van der Waals surface area contributed by atoms with E-state index >= 15 is 0 Å². The SMILES string of the molecule is CC[C@@H]1C=CC(=O)O[C@@H]1C[C@@H](O[Si](C)(C)C(C)(C)C)[C@H](C)[C@H](OC)[C@@H](C)CC=C(C)C. The third kappa shape index (κ3) is 8.18. The zero-order valence-corrected chi connectivity index (χ0v) is 23.0. The largest absolute Gasteiger partial charge is 0.458 e. The highest BCUT2D eigenvalue weighted by molar-refractivity contribution is 6.74. The van der Waals surface area contributed by atoms with Crippen LogP contribution >= 0.6 is 0 Å². The van der Waals surface area contributed by atoms with Gasteiger partial charge < -0.3 is 13.9 Å². The molecule has 0 aromatic rings. The van der Waals surface area contributed by atoms with Crippen molar-refractivity contribution < 1.29 is 18.7 Å². The lowest BCUT2D eigenvalue weighted by atomic mass is 9.83. The third-order valence-electron chi connectivity index (χ3n) is 7.25. The fraction of sp³-hybridized carbons (Fsp3) is 0.808. The van der Waals surface area contributed by atoms with Crippen LogP contribution in [-0.2, 0) is 18.7 Å². The number of carbonyl (C=O) groups is 1. The molecule has 0 aliphatic carbocycles. The van der Waals surface area contributed by atoms with Crippen LogP contribution in [0, 0.1) is 17.8 Å². The van der Waals surface area contributed by atoms with Gasteiger partial charge in [0.05, 0.1) is 12.2 Å². The summed E-state index contributed by atoms with van der Waals surface area (Å²) >= 11 is 0. The molecule has 4 nitrogen and oxygen atoms in total. The van der Waals surface area contributed by atoms with Gasteiger partial charge >= 0.3 is 5.97 Å². The van der Waals surface area contributed by atoms with Crippen molar-refractivity contribution in [3.63, 3.8) is 0 Å². The second kappa shape index (κ2) is 11.8. The van der Waals surface area contributed by atoms with Crippen LogP contribution in [0.2, 0.25) is 18.1 Å². The van der Waals surface area contributed by atoms with Gasteiger partial charge in [-0.05, 0) is 50.7 Å². The summed E-state index contributed by atoms with van der Waals surface area (Å²) in [5.41, 5.74) is 1.33. The molecule has 0 saturated heterocycles. The van der Waals surface area contributed by atoms with Crippen molar-refractivity contribution in [2.75, 3.05) is 7.11 Å². The van der Waals surface area contributed by atoms with Gasteiger partial charge in [0, 0.05) is 31.4 Å². The van der Waals surface area contributed by atoms with Crippen LogP contribution in [0.3, 0.4) is 0 Å². The lowest BCUT2D eigenvalue weighted by molar-refractivity contribution is -0.149. The molecule has 0 aromatic heterocycles. The Labute approximate surface area is 192 Å². The highest BCUT2D eigenvalue weighted by Gasteiger charge is 2.43. The van der Waals surface area contributed by atoms with E-state index in [1.807, 2.05) is 13.2 Å². The Kier molecular flexibility index (Phi) is 10.7. The molecule has 1 heterocycles. The van der Waals surface area contributed by atoms with E-state index in [9.17, 15) is 4.79 Å². The van der Waals surface area contributed by atoms with Crippen molar-refractivity contribution in [1.82, 2.24) is 0 Å². The number of rotatable bonds is 11. The molecular weight excluding hydrogens is 404 g/mol. The first kappa shape index (κ1) is 28.1. The van der Waals surface area contributed by atoms with Gasteiger partial charge in [-0.15, -0.1) is 0 Å². The van der Waals surface area contributed by atoms with Gasteiger partial charge in [0.15, 0.2) is 8.32 Å². The molecule has 0 radical (unpaired) electrons. The van der Waals surface area contributed by atoms with Gasteiger partial charge in [-0.3, -0.25) is 0 Å². The van der Waals surface area contributed by atoms with Crippen molar-refractivity contribution in [1.29, 1.82) is 0 Å². The van der Waals surface area contributed by atoms with Gasteiger partial charge in [0.25, 0.3) is 0 Å². The molecule has 5 heteroatoms. The van der Waals surface area contributed by atoms with Crippen LogP contribution in [-0.4, -0.2) is 39.7 Å². The first-order valence-corrected chi connectivity index (χ1v) is 14.9. The molecule has 0 spiro atoms. The number of hydrogen-bond acceptors (Lipinski definition) is 4. The van der Waals surface area contributed by atoms with E-state index in [0.29, 0.717) is 12.3 Å². The number of ether oxygens (including phenoxy) is 2. The molecule has 31 heavy (non-hydrogen) atoms. The van der Waals surface area contributed by atoms with E-state index < -0.39 is 8.32 Å². The number of allylic oxidation sites excluding steroid dienone is 2. The minimum atomic E-state index is -2.02. The molecule has 0 fully saturated rings. The summed E-state index contributed by atoms with van der Waals surface area (Å²) in [5.74, 6) is 0.547. The summed E-state index contributed by atoms with van der Waals surface area (Å²) in [7, 11) is -0.213. The molecule has 0 amide bonds. The van der Waals surface area contributed by atoms with Crippen molar-refractivity contribution in [3.8, 4) is 0 Å². The zero-order chi connectivity index (χ0) is 24.0. The molecule has 1 rings (SSSR count). The first-order valence-electron chi connectivity index (χ1n) is 12.0. The molecular formula is C26H48O4Si. The summed E-state index contributed by atoms with van der Waals surface area (Å²) in [5, 5.41) is 0.106. The Morgan fingerprint density at radius 3 is 2.35 bits per heavy atom. The van der Waals surface area contributed by atoms with E-state index in [1.54, 1.807) is 6.08 Å². The Morgan fingerprint density at radius 1 is 1.26 bits per heavy atom. The van der Waals surface area contributed by atoms with E-state index in [0.717, 1.165) is 12.8 Å². The maximum atomic E-state index is 12.0. The summed E-state index contributed by atoms with van der Waals surface area (Å²) < 4.78 is 18.8. The van der Waals surface area contributed by atoms with Crippen molar-refractivity contribution in [2.45, 2.75) is 111 Å². The minimum absolute atomic E-state index is 0.0293. The standard InChI is InChI=1S/C26H48O4Si/c1-12-21-15-16-24(27)29-23(21)17-22(30-31(10,11)26(6,7)8)20(5)25(28-9)19(4)14-13-18(2)3/h13,15-16,19-23,25H,12,14,17H2,1-11H3/t19-,20-,21+,22+,23+,25+/m0/s1. The fourth-order valence-corrected chi connectivity index (χ4v) is 5.53. The Balaban J connectivity index is 3.19. The van der Waals surface area contributed by atoms with Crippen molar-refractivity contribution in [2.24, 2.45) is 17.8 Å². The van der Waals surface area contributed by atoms with Crippen LogP contribution in [0.4, 0.5) is 0 Å². The maximum Gasteiger partial charge on any atom is 0.330 e. The molecule has 0 N–H and O–H groups in total. The average Bonchev–Trinajstić information content (AvgIpc) is 2.65. The Hall–Kier alpha value is -0.913. The molecule has 0 aromatic carbocycles. The highest BCUT2D eigenvalue weighted by atomic mass is 28.4. The van der Waals surface area contributed by atoms with Crippen LogP contribution < -0.4 is 0 Å². The quantitative estimate of drug-likeness (QED) is 0.194. The Morgan fingerprint density at radius 2 is 1.87 bits per heavy atom. The van der Waals surface area contributed by atoms with Gasteiger partial charge in [0.1, 0.15) is 6.10 Å². The summed E-state index contributed by atoms with van der Waals surface area (Å²) in [4.78, 5) is 12.0. The van der Waals surface area contributed by atoms with Crippen LogP contribution in [0.1, 0.15) is 74.7 Å². The molecule has 0 unspecified atom stereocenters. The van der Waals surface area contributed by atoms with Crippen LogP contribution in [0.25, 0.3) is 0 Å². The average molecular weight is 453 g/mol. The predicted octanol–water partition coefficient (Wildman–Crippen LogP) is 6.92. The molecule has 1 aliphatic heterocycles. The lowest BCUT2D eigenvalue weighted by Crippen LogP contribution is -2.49. The molecule has 0 saturated carbocycles. The molecule has 0 bridgehead atoms. The normalized spacial score (nSPS) is 23.6. The molecule has 6 atom stereocenters. The van der Waals surface area contributed by atoms with E-state index in [2.05, 4.69) is 74.6 Å². The zero-order valence-electron chi connectivity index (χ0n) is 22.0. The summed E-state index contributed by atoms with van der Waals surface area (Å²) in [6.07, 6.45) is 8.39. The minimum Gasteiger partial charge on any atom is -0.458 e. The Bertz CT molecular complexity index is 628. The summed E-state index contributed by atoms with van der Waals surface area (Å²) in [6, 6.07) is 0. The molecule has 1 aliphatic rings. The number of cyclic esters (lactones) is 1. The second-order valence-electron chi connectivity index (χ2n) is 11.1. The smallest absolute Gasteiger partial charge is 0.330 e. The maximum absolute atomic E-state index is 12.0. The van der Waals surface area contributed by atoms with E-state index in [-0.39, 0.29) is 41.2 Å². The fourth-order valence-electron chi connectivity index (χ4n) is 4.11. The first-order chi connectivity index (χ1) is 14.2. The summed E-state index contributed by atoms with van der Waals surface area (Å²) in [6.45, 7) is 22.3. The second-order valence-corrected chi connectivity index (χ2v) is 15.9. The van der Waals surface area contributed by atoms with E-state index in [1.165, 1.54) is 5.57 Å². The van der Waals surface area contributed by atoms with E-state index in [4.69, 9.17) is 13.9 Å². The van der Waals surface area contributed by atoms with Gasteiger partial charge in [-0.1, -0.05) is 59.3 Å². The third-order valence-corrected chi connectivity index (χ3v) is 11.8. The predicted molar refractivity (Wildman–Crippen MR) is 133 cm³/mol. The monoisotopic (exact) mass is 452 g/mol. The number of methoxy groups -OCH3 is 1. The van der Waals surface area contributed by atoms with Crippen LogP contribution in [0.5, 0.6) is 0 Å². The number of esters is 1. The lowest BCUT2D eigenvalue weighted by Gasteiger charge is -2.44. The topological polar surface area (TPSA) is 44.8 Å². The van der Waals surface area contributed by atoms with Gasteiger partial charge in [0.2, 0.25) is 0 Å². The number of carbonyl (C=O) groups excluding carboxylic acids is 1.